The zero-order valence-electron chi connectivity index (χ0n) is 10.7. The number of rotatable bonds is 3. The van der Waals surface area contributed by atoms with Gasteiger partial charge in [-0.25, -0.2) is 4.39 Å². The fourth-order valence-corrected chi connectivity index (χ4v) is 1.99. The van der Waals surface area contributed by atoms with E-state index in [0.29, 0.717) is 11.6 Å². The second-order valence-electron chi connectivity index (χ2n) is 4.66. The van der Waals surface area contributed by atoms with E-state index in [4.69, 9.17) is 0 Å². The number of halogens is 4. The van der Waals surface area contributed by atoms with E-state index in [1.807, 2.05) is 0 Å². The topological polar surface area (TPSA) is 40.5 Å². The SMILES string of the molecule is Oc1cccc(CC(O)c2cc(F)cc(C(F)(F)F)c2)c1. The summed E-state index contributed by atoms with van der Waals surface area (Å²) in [5.41, 5.74) is -0.779. The van der Waals surface area contributed by atoms with E-state index in [2.05, 4.69) is 0 Å². The first-order chi connectivity index (χ1) is 9.75. The molecule has 0 spiro atoms. The zero-order valence-corrected chi connectivity index (χ0v) is 10.7. The van der Waals surface area contributed by atoms with Crippen LogP contribution in [0.1, 0.15) is 22.8 Å². The summed E-state index contributed by atoms with van der Waals surface area (Å²) in [5, 5.41) is 19.3. The normalized spacial score (nSPS) is 13.2. The smallest absolute Gasteiger partial charge is 0.416 e. The van der Waals surface area contributed by atoms with Gasteiger partial charge in [-0.1, -0.05) is 12.1 Å². The summed E-state index contributed by atoms with van der Waals surface area (Å²) in [4.78, 5) is 0. The third-order valence-corrected chi connectivity index (χ3v) is 2.97. The highest BCUT2D eigenvalue weighted by molar-refractivity contribution is 5.31. The molecular weight excluding hydrogens is 288 g/mol. The molecule has 0 radical (unpaired) electrons. The van der Waals surface area contributed by atoms with Crippen molar-refractivity contribution in [3.63, 3.8) is 0 Å². The number of aliphatic hydroxyl groups excluding tert-OH is 1. The van der Waals surface area contributed by atoms with Crippen molar-refractivity contribution in [1.82, 2.24) is 0 Å². The lowest BCUT2D eigenvalue weighted by molar-refractivity contribution is -0.137. The predicted molar refractivity (Wildman–Crippen MR) is 68.2 cm³/mol. The summed E-state index contributed by atoms with van der Waals surface area (Å²) in [6.07, 6.45) is -6.01. The number of hydrogen-bond donors (Lipinski definition) is 2. The van der Waals surface area contributed by atoms with Crippen LogP contribution in [0, 0.1) is 5.82 Å². The summed E-state index contributed by atoms with van der Waals surface area (Å²) in [5.74, 6) is -1.08. The van der Waals surface area contributed by atoms with E-state index in [-0.39, 0.29) is 17.7 Å². The highest BCUT2D eigenvalue weighted by atomic mass is 19.4. The number of aromatic hydroxyl groups is 1. The van der Waals surface area contributed by atoms with Crippen molar-refractivity contribution in [3.8, 4) is 5.75 Å². The molecule has 6 heteroatoms. The van der Waals surface area contributed by atoms with E-state index >= 15 is 0 Å². The van der Waals surface area contributed by atoms with Gasteiger partial charge in [-0.3, -0.25) is 0 Å². The molecule has 2 rings (SSSR count). The Morgan fingerprint density at radius 1 is 1.05 bits per heavy atom. The molecule has 2 aromatic carbocycles. The van der Waals surface area contributed by atoms with E-state index in [1.165, 1.54) is 12.1 Å². The van der Waals surface area contributed by atoms with Gasteiger partial charge >= 0.3 is 6.18 Å². The van der Waals surface area contributed by atoms with Crippen LogP contribution < -0.4 is 0 Å². The molecule has 2 aromatic rings. The molecule has 0 aromatic heterocycles. The maximum absolute atomic E-state index is 13.3. The van der Waals surface area contributed by atoms with Crippen molar-refractivity contribution in [2.24, 2.45) is 0 Å². The molecule has 0 bridgehead atoms. The number of phenolic OH excluding ortho intramolecular Hbond substituents is 1. The van der Waals surface area contributed by atoms with Gasteiger partial charge in [-0.2, -0.15) is 13.2 Å². The first-order valence-electron chi connectivity index (χ1n) is 6.09. The first-order valence-corrected chi connectivity index (χ1v) is 6.09. The molecule has 0 amide bonds. The number of phenols is 1. The Morgan fingerprint density at radius 3 is 2.38 bits per heavy atom. The van der Waals surface area contributed by atoms with E-state index < -0.39 is 23.7 Å². The molecule has 21 heavy (non-hydrogen) atoms. The summed E-state index contributed by atoms with van der Waals surface area (Å²) >= 11 is 0. The molecule has 0 fully saturated rings. The monoisotopic (exact) mass is 300 g/mol. The van der Waals surface area contributed by atoms with Crippen LogP contribution in [0.2, 0.25) is 0 Å². The molecule has 0 heterocycles. The fourth-order valence-electron chi connectivity index (χ4n) is 1.99. The lowest BCUT2D eigenvalue weighted by Crippen LogP contribution is -2.09. The average molecular weight is 300 g/mol. The highest BCUT2D eigenvalue weighted by Crippen LogP contribution is 2.32. The minimum absolute atomic E-state index is 0.0186. The highest BCUT2D eigenvalue weighted by Gasteiger charge is 2.31. The van der Waals surface area contributed by atoms with Gasteiger partial charge in [-0.15, -0.1) is 0 Å². The Hall–Kier alpha value is -2.08. The quantitative estimate of drug-likeness (QED) is 0.846. The van der Waals surface area contributed by atoms with Gasteiger partial charge in [0.25, 0.3) is 0 Å². The summed E-state index contributed by atoms with van der Waals surface area (Å²) in [6.45, 7) is 0. The molecule has 112 valence electrons. The first kappa shape index (κ1) is 15.3. The molecular formula is C15H12F4O2. The molecule has 0 aliphatic heterocycles. The largest absolute Gasteiger partial charge is 0.508 e. The average Bonchev–Trinajstić information content (AvgIpc) is 2.37. The van der Waals surface area contributed by atoms with Crippen LogP contribution in [0.5, 0.6) is 5.75 Å². The molecule has 1 unspecified atom stereocenters. The Labute approximate surface area is 118 Å². The van der Waals surface area contributed by atoms with E-state index in [9.17, 15) is 27.8 Å². The third kappa shape index (κ3) is 3.95. The summed E-state index contributed by atoms with van der Waals surface area (Å²) < 4.78 is 51.1. The van der Waals surface area contributed by atoms with Crippen molar-refractivity contribution < 1.29 is 27.8 Å². The van der Waals surface area contributed by atoms with Crippen molar-refractivity contribution in [1.29, 1.82) is 0 Å². The van der Waals surface area contributed by atoms with Gasteiger partial charge in [0.2, 0.25) is 0 Å². The molecule has 2 nitrogen and oxygen atoms in total. The Kier molecular flexibility index (Phi) is 4.18. The van der Waals surface area contributed by atoms with E-state index in [0.717, 1.165) is 12.1 Å². The van der Waals surface area contributed by atoms with E-state index in [1.54, 1.807) is 12.1 Å². The van der Waals surface area contributed by atoms with Gasteiger partial charge in [-0.05, 0) is 41.5 Å². The minimum Gasteiger partial charge on any atom is -0.508 e. The van der Waals surface area contributed by atoms with Gasteiger partial charge in [0.1, 0.15) is 11.6 Å². The molecule has 0 aliphatic rings. The van der Waals surface area contributed by atoms with Gasteiger partial charge in [0, 0.05) is 6.42 Å². The van der Waals surface area contributed by atoms with Crippen molar-refractivity contribution in [2.45, 2.75) is 18.7 Å². The molecule has 1 atom stereocenters. The van der Waals surface area contributed by atoms with Crippen molar-refractivity contribution >= 4 is 0 Å². The van der Waals surface area contributed by atoms with Crippen LogP contribution in [0.3, 0.4) is 0 Å². The van der Waals surface area contributed by atoms with Gasteiger partial charge in [0.05, 0.1) is 11.7 Å². The maximum Gasteiger partial charge on any atom is 0.416 e. The van der Waals surface area contributed by atoms with Crippen molar-refractivity contribution in [3.05, 3.63) is 65.0 Å². The zero-order chi connectivity index (χ0) is 15.6. The lowest BCUT2D eigenvalue weighted by Gasteiger charge is -2.14. The van der Waals surface area contributed by atoms with Crippen LogP contribution in [-0.4, -0.2) is 10.2 Å². The van der Waals surface area contributed by atoms with Crippen LogP contribution in [0.15, 0.2) is 42.5 Å². The molecule has 0 aliphatic carbocycles. The fraction of sp³-hybridized carbons (Fsp3) is 0.200. The predicted octanol–water partition coefficient (Wildman–Crippen LogP) is 3.83. The number of alkyl halides is 3. The second-order valence-corrected chi connectivity index (χ2v) is 4.66. The van der Waals surface area contributed by atoms with Crippen LogP contribution in [0.25, 0.3) is 0 Å². The summed E-state index contributed by atoms with van der Waals surface area (Å²) in [7, 11) is 0. The third-order valence-electron chi connectivity index (χ3n) is 2.97. The van der Waals surface area contributed by atoms with Crippen molar-refractivity contribution in [2.75, 3.05) is 0 Å². The molecule has 2 N–H and O–H groups in total. The van der Waals surface area contributed by atoms with Crippen LogP contribution >= 0.6 is 0 Å². The number of aliphatic hydroxyl groups is 1. The molecule has 0 saturated heterocycles. The van der Waals surface area contributed by atoms with Gasteiger partial charge in [0.15, 0.2) is 0 Å². The number of benzene rings is 2. The minimum atomic E-state index is -4.68. The van der Waals surface area contributed by atoms with Crippen LogP contribution in [-0.2, 0) is 12.6 Å². The lowest BCUT2D eigenvalue weighted by atomic mass is 9.99. The Balaban J connectivity index is 2.27. The number of hydrogen-bond acceptors (Lipinski definition) is 2. The second kappa shape index (κ2) is 5.73. The summed E-state index contributed by atoms with van der Waals surface area (Å²) in [6, 6.07) is 7.92. The maximum atomic E-state index is 13.3. The molecule has 0 saturated carbocycles. The Bertz CT molecular complexity index is 638. The van der Waals surface area contributed by atoms with Gasteiger partial charge < -0.3 is 10.2 Å². The standard InChI is InChI=1S/C15H12F4O2/c16-12-7-10(6-11(8-12)15(17,18)19)14(21)5-9-2-1-3-13(20)4-9/h1-4,6-8,14,20-21H,5H2. The Morgan fingerprint density at radius 2 is 1.76 bits per heavy atom. The van der Waals surface area contributed by atoms with Crippen LogP contribution in [0.4, 0.5) is 17.6 Å².